The summed E-state index contributed by atoms with van der Waals surface area (Å²) in [6.45, 7) is 5.37. The van der Waals surface area contributed by atoms with Crippen LogP contribution in [0.15, 0.2) is 18.2 Å². The molecule has 0 radical (unpaired) electrons. The number of carboxylic acid groups (broad SMARTS) is 1. The molecule has 0 fully saturated rings. The molecule has 0 bridgehead atoms. The highest BCUT2D eigenvalue weighted by atomic mass is 127. The molecule has 21 heavy (non-hydrogen) atoms. The number of nitrogens with one attached hydrogen (secondary N) is 2. The Morgan fingerprint density at radius 2 is 2.05 bits per heavy atom. The van der Waals surface area contributed by atoms with E-state index in [1.54, 1.807) is 12.1 Å². The Morgan fingerprint density at radius 1 is 1.38 bits per heavy atom. The number of carboxylic acids is 1. The predicted molar refractivity (Wildman–Crippen MR) is 90.9 cm³/mol. The summed E-state index contributed by atoms with van der Waals surface area (Å²) < 4.78 is 0.800. The van der Waals surface area contributed by atoms with Crippen molar-refractivity contribution in [3.63, 3.8) is 0 Å². The normalized spacial score (nSPS) is 10.8. The maximum Gasteiger partial charge on any atom is 0.337 e. The van der Waals surface area contributed by atoms with Crippen LogP contribution in [0, 0.1) is 3.57 Å². The molecule has 0 atom stereocenters. The number of amides is 2. The van der Waals surface area contributed by atoms with Gasteiger partial charge in [0.05, 0.1) is 11.3 Å². The number of carbonyl (C=O) groups is 2. The second kappa shape index (κ2) is 8.18. The zero-order valence-corrected chi connectivity index (χ0v) is 14.5. The van der Waals surface area contributed by atoms with Gasteiger partial charge in [0, 0.05) is 22.7 Å². The Bertz CT molecular complexity index is 520. The van der Waals surface area contributed by atoms with Crippen LogP contribution in [-0.4, -0.2) is 48.2 Å². The molecule has 7 heteroatoms. The molecule has 0 aliphatic rings. The first kappa shape index (κ1) is 17.7. The number of anilines is 1. The first-order valence-electron chi connectivity index (χ1n) is 6.59. The standard InChI is InChI=1S/C14H20IN3O3/c1-9(2)18(3)7-6-16-14(21)17-12-5-4-10(15)8-11(12)13(19)20/h4-5,8-9H,6-7H2,1-3H3,(H,19,20)(H2,16,17,21). The second-order valence-corrected chi connectivity index (χ2v) is 6.20. The molecule has 0 aliphatic heterocycles. The number of hydrogen-bond acceptors (Lipinski definition) is 3. The maximum atomic E-state index is 11.8. The van der Waals surface area contributed by atoms with Crippen LogP contribution in [-0.2, 0) is 0 Å². The van der Waals surface area contributed by atoms with Gasteiger partial charge in [0.1, 0.15) is 0 Å². The lowest BCUT2D eigenvalue weighted by atomic mass is 10.2. The largest absolute Gasteiger partial charge is 0.478 e. The quantitative estimate of drug-likeness (QED) is 0.636. The van der Waals surface area contributed by atoms with Crippen molar-refractivity contribution in [1.82, 2.24) is 10.2 Å². The summed E-state index contributed by atoms with van der Waals surface area (Å²) in [7, 11) is 1.98. The molecule has 2 amide bonds. The third-order valence-electron chi connectivity index (χ3n) is 3.09. The minimum atomic E-state index is -1.07. The van der Waals surface area contributed by atoms with E-state index in [1.165, 1.54) is 6.07 Å². The van der Waals surface area contributed by atoms with Crippen LogP contribution in [0.1, 0.15) is 24.2 Å². The number of nitrogens with zero attached hydrogens (tertiary/aromatic N) is 1. The first-order valence-corrected chi connectivity index (χ1v) is 7.67. The van der Waals surface area contributed by atoms with E-state index < -0.39 is 12.0 Å². The fourth-order valence-corrected chi connectivity index (χ4v) is 2.06. The number of urea groups is 1. The lowest BCUT2D eigenvalue weighted by Crippen LogP contribution is -2.38. The summed E-state index contributed by atoms with van der Waals surface area (Å²) in [5.41, 5.74) is 0.369. The van der Waals surface area contributed by atoms with Crippen molar-refractivity contribution in [2.24, 2.45) is 0 Å². The minimum Gasteiger partial charge on any atom is -0.478 e. The average molecular weight is 405 g/mol. The Kier molecular flexibility index (Phi) is 6.90. The van der Waals surface area contributed by atoms with E-state index in [1.807, 2.05) is 29.6 Å². The zero-order valence-electron chi connectivity index (χ0n) is 12.3. The second-order valence-electron chi connectivity index (χ2n) is 4.95. The molecule has 6 nitrogen and oxygen atoms in total. The van der Waals surface area contributed by atoms with Crippen molar-refractivity contribution in [3.8, 4) is 0 Å². The molecule has 0 heterocycles. The van der Waals surface area contributed by atoms with E-state index >= 15 is 0 Å². The molecular formula is C14H20IN3O3. The maximum absolute atomic E-state index is 11.8. The summed E-state index contributed by atoms with van der Waals surface area (Å²) in [4.78, 5) is 25.0. The minimum absolute atomic E-state index is 0.0800. The van der Waals surface area contributed by atoms with Gasteiger partial charge in [0.2, 0.25) is 0 Å². The van der Waals surface area contributed by atoms with Crippen LogP contribution in [0.2, 0.25) is 0 Å². The van der Waals surface area contributed by atoms with Crippen LogP contribution in [0.25, 0.3) is 0 Å². The lowest BCUT2D eigenvalue weighted by molar-refractivity contribution is 0.0698. The van der Waals surface area contributed by atoms with Crippen molar-refractivity contribution in [2.75, 3.05) is 25.5 Å². The van der Waals surface area contributed by atoms with E-state index in [0.29, 0.717) is 12.6 Å². The van der Waals surface area contributed by atoms with Crippen LogP contribution in [0.5, 0.6) is 0 Å². The van der Waals surface area contributed by atoms with Gasteiger partial charge >= 0.3 is 12.0 Å². The van der Waals surface area contributed by atoms with E-state index in [9.17, 15) is 9.59 Å². The molecule has 1 rings (SSSR count). The zero-order chi connectivity index (χ0) is 16.0. The van der Waals surface area contributed by atoms with Gasteiger partial charge in [0.25, 0.3) is 0 Å². The molecule has 0 unspecified atom stereocenters. The number of likely N-dealkylation sites (N-methyl/N-ethyl adjacent to an activating group) is 1. The van der Waals surface area contributed by atoms with Crippen LogP contribution in [0.4, 0.5) is 10.5 Å². The number of halogens is 1. The van der Waals surface area contributed by atoms with Crippen LogP contribution < -0.4 is 10.6 Å². The summed E-state index contributed by atoms with van der Waals surface area (Å²) in [5, 5.41) is 14.4. The molecule has 0 spiro atoms. The Balaban J connectivity index is 2.57. The van der Waals surface area contributed by atoms with Gasteiger partial charge in [0.15, 0.2) is 0 Å². The van der Waals surface area contributed by atoms with E-state index in [0.717, 1.165) is 10.1 Å². The molecule has 116 valence electrons. The van der Waals surface area contributed by atoms with Crippen LogP contribution >= 0.6 is 22.6 Å². The van der Waals surface area contributed by atoms with Gasteiger partial charge in [-0.3, -0.25) is 0 Å². The monoisotopic (exact) mass is 405 g/mol. The number of aromatic carboxylic acids is 1. The van der Waals surface area contributed by atoms with E-state index in [-0.39, 0.29) is 11.3 Å². The van der Waals surface area contributed by atoms with Gasteiger partial charge < -0.3 is 20.6 Å². The molecular weight excluding hydrogens is 385 g/mol. The van der Waals surface area contributed by atoms with Gasteiger partial charge in [-0.1, -0.05) is 0 Å². The Morgan fingerprint density at radius 3 is 2.62 bits per heavy atom. The number of carbonyl (C=O) groups excluding carboxylic acids is 1. The molecule has 0 saturated heterocycles. The number of benzene rings is 1. The molecule has 0 aromatic heterocycles. The summed E-state index contributed by atoms with van der Waals surface area (Å²) >= 11 is 2.03. The highest BCUT2D eigenvalue weighted by Gasteiger charge is 2.13. The van der Waals surface area contributed by atoms with Crippen molar-refractivity contribution in [1.29, 1.82) is 0 Å². The predicted octanol–water partition coefficient (Wildman–Crippen LogP) is 2.45. The highest BCUT2D eigenvalue weighted by molar-refractivity contribution is 14.1. The smallest absolute Gasteiger partial charge is 0.337 e. The third-order valence-corrected chi connectivity index (χ3v) is 3.76. The molecule has 1 aromatic carbocycles. The molecule has 0 saturated carbocycles. The number of rotatable bonds is 6. The fraction of sp³-hybridized carbons (Fsp3) is 0.429. The third kappa shape index (κ3) is 5.88. The molecule has 1 aromatic rings. The topological polar surface area (TPSA) is 81.7 Å². The number of hydrogen-bond donors (Lipinski definition) is 3. The highest BCUT2D eigenvalue weighted by Crippen LogP contribution is 2.18. The van der Waals surface area contributed by atoms with Crippen molar-refractivity contribution >= 4 is 40.3 Å². The summed E-state index contributed by atoms with van der Waals surface area (Å²) in [5.74, 6) is -1.07. The van der Waals surface area contributed by atoms with E-state index in [4.69, 9.17) is 5.11 Å². The van der Waals surface area contributed by atoms with Crippen molar-refractivity contribution in [3.05, 3.63) is 27.3 Å². The Hall–Kier alpha value is -1.35. The Labute approximate surface area is 138 Å². The van der Waals surface area contributed by atoms with Gasteiger partial charge in [-0.05, 0) is 61.7 Å². The summed E-state index contributed by atoms with van der Waals surface area (Å²) in [6.07, 6.45) is 0. The van der Waals surface area contributed by atoms with Gasteiger partial charge in [-0.25, -0.2) is 9.59 Å². The SMILES string of the molecule is CC(C)N(C)CCNC(=O)Nc1ccc(I)cc1C(=O)O. The molecule has 0 aliphatic carbocycles. The average Bonchev–Trinajstić information content (AvgIpc) is 2.40. The van der Waals surface area contributed by atoms with Crippen molar-refractivity contribution < 1.29 is 14.7 Å². The lowest BCUT2D eigenvalue weighted by Gasteiger charge is -2.21. The van der Waals surface area contributed by atoms with Gasteiger partial charge in [-0.2, -0.15) is 0 Å². The van der Waals surface area contributed by atoms with Crippen LogP contribution in [0.3, 0.4) is 0 Å². The van der Waals surface area contributed by atoms with E-state index in [2.05, 4.69) is 29.4 Å². The fourth-order valence-electron chi connectivity index (χ4n) is 1.57. The van der Waals surface area contributed by atoms with Crippen molar-refractivity contribution in [2.45, 2.75) is 19.9 Å². The van der Waals surface area contributed by atoms with Gasteiger partial charge in [-0.15, -0.1) is 0 Å². The molecule has 3 N–H and O–H groups in total. The first-order chi connectivity index (χ1) is 9.81. The summed E-state index contributed by atoms with van der Waals surface area (Å²) in [6, 6.07) is 4.85.